The van der Waals surface area contributed by atoms with Crippen LogP contribution in [0.15, 0.2) is 29.0 Å². The number of aliphatic imine (C=N–C) groups is 1. The van der Waals surface area contributed by atoms with Crippen LogP contribution in [0.2, 0.25) is 0 Å². The van der Waals surface area contributed by atoms with E-state index in [2.05, 4.69) is 82.0 Å². The van der Waals surface area contributed by atoms with Crippen molar-refractivity contribution in [1.82, 2.24) is 9.80 Å². The Kier molecular flexibility index (Phi) is 6.65. The SMILES string of the molecule is CCCN(CCC)C1N=C(C)C(Nc2c(C)cc(C)cc2C)=CN1C. The lowest BCUT2D eigenvalue weighted by Crippen LogP contribution is -2.46. The number of benzene rings is 1. The first-order chi connectivity index (χ1) is 11.9. The summed E-state index contributed by atoms with van der Waals surface area (Å²) in [5, 5.41) is 3.62. The molecule has 1 unspecified atom stereocenters. The van der Waals surface area contributed by atoms with Crippen LogP contribution in [0.25, 0.3) is 0 Å². The number of hydrogen-bond acceptors (Lipinski definition) is 4. The zero-order valence-corrected chi connectivity index (χ0v) is 17.0. The summed E-state index contributed by atoms with van der Waals surface area (Å²) in [6.07, 6.45) is 4.60. The van der Waals surface area contributed by atoms with E-state index < -0.39 is 0 Å². The number of nitrogens with zero attached hydrogens (tertiary/aromatic N) is 3. The Morgan fingerprint density at radius 2 is 1.60 bits per heavy atom. The van der Waals surface area contributed by atoms with E-state index in [1.807, 2.05) is 0 Å². The van der Waals surface area contributed by atoms with Gasteiger partial charge in [0, 0.05) is 32.0 Å². The lowest BCUT2D eigenvalue weighted by atomic mass is 10.0. The van der Waals surface area contributed by atoms with E-state index in [9.17, 15) is 0 Å². The smallest absolute Gasteiger partial charge is 0.178 e. The highest BCUT2D eigenvalue weighted by Crippen LogP contribution is 2.25. The molecule has 1 aliphatic rings. The van der Waals surface area contributed by atoms with Crippen LogP contribution in [-0.4, -0.2) is 41.9 Å². The third-order valence-electron chi connectivity index (χ3n) is 4.68. The van der Waals surface area contributed by atoms with Crippen LogP contribution in [-0.2, 0) is 0 Å². The lowest BCUT2D eigenvalue weighted by molar-refractivity contribution is 0.0972. The van der Waals surface area contributed by atoms with Crippen LogP contribution in [0.3, 0.4) is 0 Å². The molecule has 0 bridgehead atoms. The summed E-state index contributed by atoms with van der Waals surface area (Å²) < 4.78 is 0. The third-order valence-corrected chi connectivity index (χ3v) is 4.68. The first-order valence-corrected chi connectivity index (χ1v) is 9.44. The van der Waals surface area contributed by atoms with Crippen molar-refractivity contribution in [1.29, 1.82) is 0 Å². The molecule has 0 fully saturated rings. The summed E-state index contributed by atoms with van der Waals surface area (Å²) in [6, 6.07) is 4.45. The minimum atomic E-state index is 0.102. The molecule has 0 aliphatic carbocycles. The van der Waals surface area contributed by atoms with E-state index in [0.717, 1.165) is 37.3 Å². The monoisotopic (exact) mass is 342 g/mol. The largest absolute Gasteiger partial charge is 0.352 e. The van der Waals surface area contributed by atoms with Gasteiger partial charge >= 0.3 is 0 Å². The Morgan fingerprint density at radius 3 is 2.12 bits per heavy atom. The van der Waals surface area contributed by atoms with Crippen molar-refractivity contribution in [2.75, 3.05) is 25.5 Å². The van der Waals surface area contributed by atoms with Crippen LogP contribution in [0.1, 0.15) is 50.3 Å². The van der Waals surface area contributed by atoms with Crippen molar-refractivity contribution in [2.24, 2.45) is 4.99 Å². The van der Waals surface area contributed by atoms with Gasteiger partial charge in [0.25, 0.3) is 0 Å². The van der Waals surface area contributed by atoms with Gasteiger partial charge in [-0.25, -0.2) is 4.99 Å². The van der Waals surface area contributed by atoms with Gasteiger partial charge in [0.2, 0.25) is 0 Å². The summed E-state index contributed by atoms with van der Waals surface area (Å²) in [5.41, 5.74) is 7.19. The predicted octanol–water partition coefficient (Wildman–Crippen LogP) is 4.68. The predicted molar refractivity (Wildman–Crippen MR) is 109 cm³/mol. The second-order valence-electron chi connectivity index (χ2n) is 7.20. The third kappa shape index (κ3) is 4.63. The minimum absolute atomic E-state index is 0.102. The summed E-state index contributed by atoms with van der Waals surface area (Å²) in [7, 11) is 2.12. The van der Waals surface area contributed by atoms with Gasteiger partial charge < -0.3 is 10.2 Å². The fraction of sp³-hybridized carbons (Fsp3) is 0.571. The molecule has 0 radical (unpaired) electrons. The first kappa shape index (κ1) is 19.5. The molecule has 25 heavy (non-hydrogen) atoms. The van der Waals surface area contributed by atoms with Crippen molar-refractivity contribution in [3.8, 4) is 0 Å². The van der Waals surface area contributed by atoms with Gasteiger partial charge in [-0.05, 0) is 51.7 Å². The maximum Gasteiger partial charge on any atom is 0.178 e. The maximum atomic E-state index is 4.99. The number of nitrogens with one attached hydrogen (secondary N) is 1. The van der Waals surface area contributed by atoms with E-state index in [0.29, 0.717) is 0 Å². The number of anilines is 1. The maximum absolute atomic E-state index is 4.99. The van der Waals surface area contributed by atoms with Gasteiger partial charge in [0.15, 0.2) is 6.29 Å². The fourth-order valence-corrected chi connectivity index (χ4v) is 3.59. The second kappa shape index (κ2) is 8.52. The van der Waals surface area contributed by atoms with E-state index in [-0.39, 0.29) is 6.29 Å². The van der Waals surface area contributed by atoms with Gasteiger partial charge in [-0.15, -0.1) is 0 Å². The van der Waals surface area contributed by atoms with Gasteiger partial charge in [0.05, 0.1) is 11.4 Å². The first-order valence-electron chi connectivity index (χ1n) is 9.44. The number of rotatable bonds is 7. The summed E-state index contributed by atoms with van der Waals surface area (Å²) in [5.74, 6) is 0. The summed E-state index contributed by atoms with van der Waals surface area (Å²) in [6.45, 7) is 15.2. The second-order valence-corrected chi connectivity index (χ2v) is 7.20. The molecule has 0 spiro atoms. The van der Waals surface area contributed by atoms with Crippen molar-refractivity contribution in [2.45, 2.75) is 60.7 Å². The molecule has 1 aromatic carbocycles. The molecular formula is C21H34N4. The average molecular weight is 343 g/mol. The fourth-order valence-electron chi connectivity index (χ4n) is 3.59. The highest BCUT2D eigenvalue weighted by molar-refractivity contribution is 6.01. The van der Waals surface area contributed by atoms with Gasteiger partial charge in [0.1, 0.15) is 0 Å². The van der Waals surface area contributed by atoms with Crippen LogP contribution in [0, 0.1) is 20.8 Å². The summed E-state index contributed by atoms with van der Waals surface area (Å²) in [4.78, 5) is 9.67. The zero-order valence-electron chi connectivity index (χ0n) is 17.0. The van der Waals surface area contributed by atoms with Crippen LogP contribution >= 0.6 is 0 Å². The number of aryl methyl sites for hydroxylation is 3. The number of hydrogen-bond donors (Lipinski definition) is 1. The topological polar surface area (TPSA) is 30.9 Å². The van der Waals surface area contributed by atoms with E-state index in [4.69, 9.17) is 4.99 Å². The van der Waals surface area contributed by atoms with Gasteiger partial charge in [-0.2, -0.15) is 0 Å². The van der Waals surface area contributed by atoms with Crippen molar-refractivity contribution >= 4 is 11.4 Å². The Morgan fingerprint density at radius 1 is 1.04 bits per heavy atom. The molecule has 0 amide bonds. The van der Waals surface area contributed by atoms with Crippen LogP contribution < -0.4 is 5.32 Å². The Balaban J connectivity index is 2.23. The highest BCUT2D eigenvalue weighted by atomic mass is 15.4. The lowest BCUT2D eigenvalue weighted by Gasteiger charge is -2.37. The molecular weight excluding hydrogens is 308 g/mol. The molecule has 1 atom stereocenters. The Bertz CT molecular complexity index is 631. The quantitative estimate of drug-likeness (QED) is 0.781. The van der Waals surface area contributed by atoms with Gasteiger partial charge in [-0.1, -0.05) is 31.5 Å². The highest BCUT2D eigenvalue weighted by Gasteiger charge is 2.24. The van der Waals surface area contributed by atoms with Gasteiger partial charge in [-0.3, -0.25) is 4.90 Å². The minimum Gasteiger partial charge on any atom is -0.352 e. The standard InChI is InChI=1S/C21H34N4/c1-8-10-25(11-9-2)21-22-18(6)19(14-24(21)7)23-20-16(4)12-15(3)13-17(20)5/h12-14,21,23H,8-11H2,1-7H3. The molecule has 1 heterocycles. The molecule has 2 rings (SSSR count). The molecule has 1 N–H and O–H groups in total. The van der Waals surface area contributed by atoms with E-state index in [1.54, 1.807) is 0 Å². The van der Waals surface area contributed by atoms with Crippen LogP contribution in [0.4, 0.5) is 5.69 Å². The van der Waals surface area contributed by atoms with Crippen molar-refractivity contribution in [3.63, 3.8) is 0 Å². The molecule has 0 saturated heterocycles. The van der Waals surface area contributed by atoms with E-state index >= 15 is 0 Å². The van der Waals surface area contributed by atoms with Crippen LogP contribution in [0.5, 0.6) is 0 Å². The molecule has 1 aliphatic heterocycles. The molecule has 0 saturated carbocycles. The molecule has 4 nitrogen and oxygen atoms in total. The Labute approximate surface area is 153 Å². The average Bonchev–Trinajstić information content (AvgIpc) is 2.53. The number of allylic oxidation sites excluding steroid dienone is 1. The molecule has 1 aromatic rings. The van der Waals surface area contributed by atoms with Crippen molar-refractivity contribution in [3.05, 3.63) is 40.7 Å². The zero-order chi connectivity index (χ0) is 18.6. The Hall–Kier alpha value is -1.81. The summed E-state index contributed by atoms with van der Waals surface area (Å²) >= 11 is 0. The normalized spacial score (nSPS) is 17.6. The molecule has 0 aromatic heterocycles. The molecule has 138 valence electrons. The molecule has 4 heteroatoms. The van der Waals surface area contributed by atoms with E-state index in [1.165, 1.54) is 22.4 Å². The van der Waals surface area contributed by atoms with Crippen molar-refractivity contribution < 1.29 is 0 Å².